The van der Waals surface area contributed by atoms with Crippen molar-refractivity contribution < 1.29 is 31.8 Å². The Balaban J connectivity index is 0.00000256. The summed E-state index contributed by atoms with van der Waals surface area (Å²) in [7, 11) is 0. The van der Waals surface area contributed by atoms with Crippen LogP contribution >= 0.6 is 0 Å². The Hall–Kier alpha value is -1.37. The smallest absolute Gasteiger partial charge is 0.548 e. The Labute approximate surface area is 109 Å². The van der Waals surface area contributed by atoms with Crippen LogP contribution in [0, 0.1) is 6.92 Å². The van der Waals surface area contributed by atoms with E-state index in [9.17, 15) is 14.7 Å². The number of carboxylic acids is 1. The maximum Gasteiger partial charge on any atom is 2.00 e. The number of nitrogens with two attached hydrogens (primary N) is 1. The molecule has 0 spiro atoms. The van der Waals surface area contributed by atoms with Crippen LogP contribution in [0.3, 0.4) is 0 Å². The van der Waals surface area contributed by atoms with E-state index in [2.05, 4.69) is 15.3 Å². The van der Waals surface area contributed by atoms with Crippen molar-refractivity contribution in [2.24, 2.45) is 5.73 Å². The SMILES string of the molecule is Cc1nc[n-]c1CC(NC(=O)CN)C(=O)[O-].[Cu+2]. The summed E-state index contributed by atoms with van der Waals surface area (Å²) in [5.74, 6) is -1.92. The average Bonchev–Trinajstić information content (AvgIpc) is 2.63. The Kier molecular flexibility index (Phi) is 6.48. The number of carbonyl (C=O) groups excluding carboxylic acids is 2. The van der Waals surface area contributed by atoms with Crippen molar-refractivity contribution in [2.45, 2.75) is 19.4 Å². The summed E-state index contributed by atoms with van der Waals surface area (Å²) in [6, 6.07) is -1.13. The molecule has 0 saturated carbocycles. The number of rotatable bonds is 5. The minimum absolute atomic E-state index is 0. The molecule has 1 radical (unpaired) electrons. The fraction of sp³-hybridized carbons (Fsp3) is 0.444. The van der Waals surface area contributed by atoms with Gasteiger partial charge in [0, 0.05) is 0 Å². The van der Waals surface area contributed by atoms with Crippen molar-refractivity contribution in [2.75, 3.05) is 6.54 Å². The molecule has 0 fully saturated rings. The molecule has 0 saturated heterocycles. The summed E-state index contributed by atoms with van der Waals surface area (Å²) >= 11 is 0. The van der Waals surface area contributed by atoms with Gasteiger partial charge in [-0.1, -0.05) is 17.7 Å². The third kappa shape index (κ3) is 4.56. The van der Waals surface area contributed by atoms with Crippen molar-refractivity contribution in [3.8, 4) is 0 Å². The summed E-state index contributed by atoms with van der Waals surface area (Å²) in [5.41, 5.74) is 6.22. The zero-order valence-corrected chi connectivity index (χ0v) is 10.0. The van der Waals surface area contributed by atoms with E-state index < -0.39 is 17.9 Å². The number of nitrogens with zero attached hydrogens (tertiary/aromatic N) is 2. The minimum atomic E-state index is -1.37. The van der Waals surface area contributed by atoms with Crippen LogP contribution in [0.4, 0.5) is 0 Å². The number of carbonyl (C=O) groups is 2. The number of carboxylic acid groups (broad SMARTS) is 1. The molecule has 0 aliphatic heterocycles. The van der Waals surface area contributed by atoms with Gasteiger partial charge in [0.2, 0.25) is 5.91 Å². The van der Waals surface area contributed by atoms with Gasteiger partial charge < -0.3 is 30.9 Å². The average molecular weight is 288 g/mol. The number of imidazole rings is 1. The molecule has 1 aromatic rings. The molecule has 0 aromatic carbocycles. The van der Waals surface area contributed by atoms with Crippen molar-refractivity contribution in [1.82, 2.24) is 15.3 Å². The van der Waals surface area contributed by atoms with E-state index in [1.54, 1.807) is 6.92 Å². The number of amides is 1. The van der Waals surface area contributed by atoms with Crippen molar-refractivity contribution in [3.63, 3.8) is 0 Å². The first-order chi connectivity index (χ1) is 7.54. The standard InChI is InChI=1S/C9H14N4O3.Cu/c1-5-6(12-4-11-5)2-7(9(15)16)13-8(14)3-10;/h4,7H,2-3,10H2,1H3,(H3,11,12,13,14,15,16);/q;+2/p-2. The van der Waals surface area contributed by atoms with E-state index in [4.69, 9.17) is 5.73 Å². The molecular formula is C9H12CuN4O3. The topological polar surface area (TPSA) is 122 Å². The molecule has 8 heteroatoms. The monoisotopic (exact) mass is 287 g/mol. The first-order valence-corrected chi connectivity index (χ1v) is 4.68. The fourth-order valence-electron chi connectivity index (χ4n) is 1.19. The summed E-state index contributed by atoms with van der Waals surface area (Å²) in [5, 5.41) is 13.0. The number of hydrogen-bond donors (Lipinski definition) is 2. The van der Waals surface area contributed by atoms with E-state index in [0.717, 1.165) is 0 Å². The number of hydrogen-bond acceptors (Lipinski definition) is 5. The summed E-state index contributed by atoms with van der Waals surface area (Å²) in [6.07, 6.45) is 1.38. The molecule has 0 aliphatic carbocycles. The summed E-state index contributed by atoms with van der Waals surface area (Å²) in [6.45, 7) is 1.44. The number of aryl methyl sites for hydroxylation is 1. The molecule has 1 heterocycles. The van der Waals surface area contributed by atoms with Gasteiger partial charge in [-0.2, -0.15) is 0 Å². The second kappa shape index (κ2) is 7.05. The maximum atomic E-state index is 11.0. The van der Waals surface area contributed by atoms with Gasteiger partial charge in [-0.3, -0.25) is 4.79 Å². The molecule has 1 rings (SSSR count). The third-order valence-corrected chi connectivity index (χ3v) is 2.09. The van der Waals surface area contributed by atoms with E-state index in [0.29, 0.717) is 11.4 Å². The van der Waals surface area contributed by atoms with Gasteiger partial charge >= 0.3 is 17.1 Å². The maximum absolute atomic E-state index is 11.0. The van der Waals surface area contributed by atoms with Crippen LogP contribution in [-0.2, 0) is 33.1 Å². The van der Waals surface area contributed by atoms with Crippen molar-refractivity contribution in [3.05, 3.63) is 17.7 Å². The zero-order chi connectivity index (χ0) is 12.1. The van der Waals surface area contributed by atoms with Crippen LogP contribution in [0.15, 0.2) is 6.33 Å². The van der Waals surface area contributed by atoms with E-state index in [1.165, 1.54) is 6.33 Å². The van der Waals surface area contributed by atoms with E-state index >= 15 is 0 Å². The summed E-state index contributed by atoms with van der Waals surface area (Å²) in [4.78, 5) is 29.5. The van der Waals surface area contributed by atoms with Gasteiger partial charge in [0.15, 0.2) is 0 Å². The predicted molar refractivity (Wildman–Crippen MR) is 52.0 cm³/mol. The second-order valence-corrected chi connectivity index (χ2v) is 3.25. The zero-order valence-electron chi connectivity index (χ0n) is 9.07. The molecule has 1 unspecified atom stereocenters. The van der Waals surface area contributed by atoms with Crippen molar-refractivity contribution in [1.29, 1.82) is 0 Å². The quantitative estimate of drug-likeness (QED) is 0.560. The van der Waals surface area contributed by atoms with E-state index in [-0.39, 0.29) is 30.0 Å². The van der Waals surface area contributed by atoms with Gasteiger partial charge in [-0.25, -0.2) is 0 Å². The van der Waals surface area contributed by atoms with Gasteiger partial charge in [-0.05, 0) is 13.3 Å². The normalized spacial score (nSPS) is 11.4. The predicted octanol–water partition coefficient (Wildman–Crippen LogP) is -2.92. The number of aliphatic carboxylic acids is 1. The number of aromatic nitrogens is 2. The molecule has 0 bridgehead atoms. The first kappa shape index (κ1) is 15.6. The van der Waals surface area contributed by atoms with Crippen LogP contribution in [0.25, 0.3) is 0 Å². The van der Waals surface area contributed by atoms with Crippen LogP contribution in [0.5, 0.6) is 0 Å². The summed E-state index contributed by atoms with van der Waals surface area (Å²) < 4.78 is 0. The van der Waals surface area contributed by atoms with Gasteiger partial charge in [-0.15, -0.1) is 0 Å². The van der Waals surface area contributed by atoms with Crippen LogP contribution in [0.1, 0.15) is 11.4 Å². The van der Waals surface area contributed by atoms with E-state index in [1.807, 2.05) is 0 Å². The molecule has 3 N–H and O–H groups in total. The Morgan fingerprint density at radius 1 is 1.65 bits per heavy atom. The molecular weight excluding hydrogens is 276 g/mol. The first-order valence-electron chi connectivity index (χ1n) is 4.68. The minimum Gasteiger partial charge on any atom is -0.548 e. The number of nitrogens with one attached hydrogen (secondary N) is 1. The third-order valence-electron chi connectivity index (χ3n) is 2.09. The molecule has 1 atom stereocenters. The fourth-order valence-corrected chi connectivity index (χ4v) is 1.19. The van der Waals surface area contributed by atoms with Gasteiger partial charge in [0.1, 0.15) is 0 Å². The Bertz CT molecular complexity index is 393. The molecule has 97 valence electrons. The molecule has 17 heavy (non-hydrogen) atoms. The van der Waals surface area contributed by atoms with Crippen LogP contribution < -0.4 is 21.1 Å². The largest absolute Gasteiger partial charge is 2.00 e. The molecule has 7 nitrogen and oxygen atoms in total. The molecule has 1 amide bonds. The molecule has 0 aliphatic rings. The second-order valence-electron chi connectivity index (χ2n) is 3.25. The van der Waals surface area contributed by atoms with Crippen LogP contribution in [0.2, 0.25) is 0 Å². The van der Waals surface area contributed by atoms with Crippen molar-refractivity contribution >= 4 is 11.9 Å². The van der Waals surface area contributed by atoms with Gasteiger partial charge in [0.05, 0.1) is 18.6 Å². The van der Waals surface area contributed by atoms with Crippen LogP contribution in [-0.4, -0.2) is 29.4 Å². The van der Waals surface area contributed by atoms with Gasteiger partial charge in [0.25, 0.3) is 0 Å². The Morgan fingerprint density at radius 3 is 2.71 bits per heavy atom. The molecule has 1 aromatic heterocycles. The Morgan fingerprint density at radius 2 is 2.29 bits per heavy atom.